The zero-order valence-corrected chi connectivity index (χ0v) is 9.50. The maximum atomic E-state index is 13.4. The first-order valence-electron chi connectivity index (χ1n) is 5.73. The van der Waals surface area contributed by atoms with E-state index in [2.05, 4.69) is 10.6 Å². The highest BCUT2D eigenvalue weighted by Gasteiger charge is 2.22. The molecule has 0 unspecified atom stereocenters. The Bertz CT molecular complexity index is 418. The summed E-state index contributed by atoms with van der Waals surface area (Å²) in [5, 5.41) is 5.74. The number of carbonyl (C=O) groups is 1. The summed E-state index contributed by atoms with van der Waals surface area (Å²) in [4.78, 5) is 11.4. The van der Waals surface area contributed by atoms with Gasteiger partial charge in [0.15, 0.2) is 0 Å². The second-order valence-corrected chi connectivity index (χ2v) is 4.26. The highest BCUT2D eigenvalue weighted by Crippen LogP contribution is 2.19. The number of halogens is 1. The van der Waals surface area contributed by atoms with Gasteiger partial charge in [0.25, 0.3) is 0 Å². The molecule has 0 heterocycles. The number of rotatable bonds is 5. The molecule has 1 fully saturated rings. The van der Waals surface area contributed by atoms with Crippen molar-refractivity contribution in [1.29, 1.82) is 0 Å². The summed E-state index contributed by atoms with van der Waals surface area (Å²) in [5.74, 6) is -0.386. The highest BCUT2D eigenvalue weighted by atomic mass is 19.1. The molecule has 0 aromatic heterocycles. The van der Waals surface area contributed by atoms with E-state index in [4.69, 9.17) is 5.73 Å². The summed E-state index contributed by atoms with van der Waals surface area (Å²) in [6.45, 7) is 0.416. The van der Waals surface area contributed by atoms with Gasteiger partial charge in [-0.1, -0.05) is 0 Å². The fraction of sp³-hybridized carbons (Fsp3) is 0.417. The lowest BCUT2D eigenvalue weighted by Crippen LogP contribution is -2.27. The minimum atomic E-state index is -0.396. The minimum Gasteiger partial charge on any atom is -0.399 e. The predicted molar refractivity (Wildman–Crippen MR) is 65.1 cm³/mol. The fourth-order valence-corrected chi connectivity index (χ4v) is 1.51. The first-order chi connectivity index (χ1) is 8.15. The lowest BCUT2D eigenvalue weighted by molar-refractivity contribution is -0.120. The summed E-state index contributed by atoms with van der Waals surface area (Å²) in [6.07, 6.45) is 2.50. The molecule has 0 spiro atoms. The second-order valence-electron chi connectivity index (χ2n) is 4.26. The van der Waals surface area contributed by atoms with E-state index in [9.17, 15) is 9.18 Å². The van der Waals surface area contributed by atoms with Gasteiger partial charge in [-0.3, -0.25) is 4.79 Å². The number of nitrogens with one attached hydrogen (secondary N) is 2. The summed E-state index contributed by atoms with van der Waals surface area (Å²) >= 11 is 0. The molecule has 1 aliphatic rings. The van der Waals surface area contributed by atoms with E-state index in [1.54, 1.807) is 12.1 Å². The molecule has 0 atom stereocenters. The van der Waals surface area contributed by atoms with Gasteiger partial charge in [0.05, 0.1) is 5.69 Å². The molecule has 1 aliphatic carbocycles. The van der Waals surface area contributed by atoms with Gasteiger partial charge < -0.3 is 16.4 Å². The Kier molecular flexibility index (Phi) is 3.46. The van der Waals surface area contributed by atoms with Crippen LogP contribution in [-0.2, 0) is 4.79 Å². The van der Waals surface area contributed by atoms with Crippen LogP contribution in [0.4, 0.5) is 15.8 Å². The van der Waals surface area contributed by atoms with Crippen LogP contribution in [0.2, 0.25) is 0 Å². The Labute approximate surface area is 99.4 Å². The van der Waals surface area contributed by atoms with Gasteiger partial charge in [-0.15, -0.1) is 0 Å². The van der Waals surface area contributed by atoms with Crippen LogP contribution >= 0.6 is 0 Å². The molecule has 1 amide bonds. The third-order valence-corrected chi connectivity index (χ3v) is 2.60. The Balaban J connectivity index is 1.75. The zero-order chi connectivity index (χ0) is 12.3. The maximum Gasteiger partial charge on any atom is 0.221 e. The van der Waals surface area contributed by atoms with Gasteiger partial charge in [0.2, 0.25) is 5.91 Å². The van der Waals surface area contributed by atoms with Crippen LogP contribution in [-0.4, -0.2) is 18.5 Å². The van der Waals surface area contributed by atoms with Crippen molar-refractivity contribution >= 4 is 17.3 Å². The van der Waals surface area contributed by atoms with Crippen LogP contribution in [0.15, 0.2) is 18.2 Å². The molecule has 92 valence electrons. The van der Waals surface area contributed by atoms with E-state index in [1.807, 2.05) is 0 Å². The number of carbonyl (C=O) groups excluding carboxylic acids is 1. The number of anilines is 2. The molecular weight excluding hydrogens is 221 g/mol. The highest BCUT2D eigenvalue weighted by molar-refractivity contribution is 5.77. The van der Waals surface area contributed by atoms with Crippen molar-refractivity contribution in [2.45, 2.75) is 25.3 Å². The standard InChI is InChI=1S/C12H16FN3O/c13-10-7-8(14)1-4-11(10)15-6-5-12(17)16-9-2-3-9/h1,4,7,9,15H,2-3,5-6,14H2,(H,16,17). The molecule has 0 bridgehead atoms. The van der Waals surface area contributed by atoms with Gasteiger partial charge >= 0.3 is 0 Å². The van der Waals surface area contributed by atoms with Crippen LogP contribution in [0.3, 0.4) is 0 Å². The van der Waals surface area contributed by atoms with E-state index in [0.717, 1.165) is 12.8 Å². The monoisotopic (exact) mass is 237 g/mol. The molecular formula is C12H16FN3O. The number of benzene rings is 1. The molecule has 1 aromatic carbocycles. The number of nitrogen functional groups attached to an aromatic ring is 1. The quantitative estimate of drug-likeness (QED) is 0.680. The third kappa shape index (κ3) is 3.62. The lowest BCUT2D eigenvalue weighted by atomic mass is 10.2. The van der Waals surface area contributed by atoms with E-state index in [0.29, 0.717) is 30.4 Å². The van der Waals surface area contributed by atoms with Crippen molar-refractivity contribution in [1.82, 2.24) is 5.32 Å². The van der Waals surface area contributed by atoms with E-state index in [-0.39, 0.29) is 5.91 Å². The van der Waals surface area contributed by atoms with Gasteiger partial charge in [0, 0.05) is 24.7 Å². The SMILES string of the molecule is Nc1ccc(NCCC(=O)NC2CC2)c(F)c1. The number of hydrogen-bond acceptors (Lipinski definition) is 3. The predicted octanol–water partition coefficient (Wildman–Crippen LogP) is 1.49. The summed E-state index contributed by atoms with van der Waals surface area (Å²) < 4.78 is 13.4. The average molecular weight is 237 g/mol. The topological polar surface area (TPSA) is 67.1 Å². The molecule has 1 aromatic rings. The van der Waals surface area contributed by atoms with Crippen LogP contribution in [0.1, 0.15) is 19.3 Å². The number of nitrogens with two attached hydrogens (primary N) is 1. The largest absolute Gasteiger partial charge is 0.399 e. The number of hydrogen-bond donors (Lipinski definition) is 3. The minimum absolute atomic E-state index is 0.0100. The van der Waals surface area contributed by atoms with Crippen LogP contribution < -0.4 is 16.4 Å². The van der Waals surface area contributed by atoms with Crippen molar-refractivity contribution < 1.29 is 9.18 Å². The second kappa shape index (κ2) is 5.03. The Morgan fingerprint density at radius 1 is 1.47 bits per heavy atom. The first kappa shape index (κ1) is 11.7. The Morgan fingerprint density at radius 3 is 2.88 bits per heavy atom. The molecule has 4 nitrogen and oxygen atoms in total. The Hall–Kier alpha value is -1.78. The molecule has 5 heteroatoms. The average Bonchev–Trinajstić information content (AvgIpc) is 3.05. The van der Waals surface area contributed by atoms with Gasteiger partial charge in [-0.2, -0.15) is 0 Å². The molecule has 0 saturated heterocycles. The van der Waals surface area contributed by atoms with Crippen molar-refractivity contribution in [2.75, 3.05) is 17.6 Å². The van der Waals surface area contributed by atoms with Crippen LogP contribution in [0.25, 0.3) is 0 Å². The first-order valence-corrected chi connectivity index (χ1v) is 5.73. The molecule has 2 rings (SSSR count). The molecule has 0 radical (unpaired) electrons. The summed E-state index contributed by atoms with van der Waals surface area (Å²) in [6, 6.07) is 4.82. The number of amides is 1. The fourth-order valence-electron chi connectivity index (χ4n) is 1.51. The van der Waals surface area contributed by atoms with Gasteiger partial charge in [-0.25, -0.2) is 4.39 Å². The smallest absolute Gasteiger partial charge is 0.221 e. The van der Waals surface area contributed by atoms with E-state index in [1.165, 1.54) is 6.07 Å². The molecule has 1 saturated carbocycles. The normalized spacial score (nSPS) is 14.4. The van der Waals surface area contributed by atoms with Crippen molar-refractivity contribution in [2.24, 2.45) is 0 Å². The van der Waals surface area contributed by atoms with Crippen molar-refractivity contribution in [3.63, 3.8) is 0 Å². The maximum absolute atomic E-state index is 13.4. The third-order valence-electron chi connectivity index (χ3n) is 2.60. The van der Waals surface area contributed by atoms with Crippen molar-refractivity contribution in [3.8, 4) is 0 Å². The molecule has 0 aliphatic heterocycles. The van der Waals surface area contributed by atoms with Gasteiger partial charge in [0.1, 0.15) is 5.82 Å². The zero-order valence-electron chi connectivity index (χ0n) is 9.50. The van der Waals surface area contributed by atoms with Crippen LogP contribution in [0.5, 0.6) is 0 Å². The summed E-state index contributed by atoms with van der Waals surface area (Å²) in [5.41, 5.74) is 6.20. The van der Waals surface area contributed by atoms with Crippen molar-refractivity contribution in [3.05, 3.63) is 24.0 Å². The van der Waals surface area contributed by atoms with Gasteiger partial charge in [-0.05, 0) is 31.0 Å². The van der Waals surface area contributed by atoms with Crippen LogP contribution in [0, 0.1) is 5.82 Å². The van der Waals surface area contributed by atoms with E-state index >= 15 is 0 Å². The molecule has 17 heavy (non-hydrogen) atoms. The van der Waals surface area contributed by atoms with E-state index < -0.39 is 5.82 Å². The summed E-state index contributed by atoms with van der Waals surface area (Å²) in [7, 11) is 0. The Morgan fingerprint density at radius 2 is 2.24 bits per heavy atom. The molecule has 4 N–H and O–H groups in total. The lowest BCUT2D eigenvalue weighted by Gasteiger charge is -2.08.